The molecular weight excluding hydrogens is 528 g/mol. The standard InChI is InChI=1S/C40H54O3/c1-25(2)29-16-21-40(24-41)23-22-38(8)31(34(29)40)14-15-33-37(7)19-17-30(36(5,6)32(37)18-20-39(33,38)9)27-10-12-28(13-11-27)35(42)43-26(3)4/h10-13,17,24,29,31-34H,1,3,14-16,18-23H2,2,4-9H3/t29-,31+,32-,33+,34+,37-,38+,39+,40+/m0/s1. The van der Waals surface area contributed by atoms with Crippen LogP contribution in [0.2, 0.25) is 0 Å². The summed E-state index contributed by atoms with van der Waals surface area (Å²) in [4.78, 5) is 25.2. The van der Waals surface area contributed by atoms with Crippen molar-refractivity contribution in [1.29, 1.82) is 0 Å². The van der Waals surface area contributed by atoms with Gasteiger partial charge >= 0.3 is 5.97 Å². The van der Waals surface area contributed by atoms with Crippen LogP contribution >= 0.6 is 0 Å². The molecule has 0 amide bonds. The summed E-state index contributed by atoms with van der Waals surface area (Å²) >= 11 is 0. The molecule has 6 rings (SSSR count). The van der Waals surface area contributed by atoms with Crippen molar-refractivity contribution in [3.05, 3.63) is 66.0 Å². The van der Waals surface area contributed by atoms with Crippen molar-refractivity contribution in [3.63, 3.8) is 0 Å². The van der Waals surface area contributed by atoms with E-state index in [1.165, 1.54) is 55.1 Å². The Balaban J connectivity index is 1.32. The van der Waals surface area contributed by atoms with Crippen molar-refractivity contribution in [2.45, 2.75) is 106 Å². The van der Waals surface area contributed by atoms with Crippen LogP contribution in [-0.4, -0.2) is 12.3 Å². The molecule has 1 aromatic carbocycles. The van der Waals surface area contributed by atoms with Gasteiger partial charge in [-0.2, -0.15) is 0 Å². The van der Waals surface area contributed by atoms with E-state index in [1.807, 2.05) is 12.1 Å². The van der Waals surface area contributed by atoms with Crippen LogP contribution < -0.4 is 0 Å². The minimum atomic E-state index is -0.348. The van der Waals surface area contributed by atoms with E-state index in [0.717, 1.165) is 25.7 Å². The van der Waals surface area contributed by atoms with E-state index in [0.29, 0.717) is 40.9 Å². The van der Waals surface area contributed by atoms with Crippen LogP contribution in [0.5, 0.6) is 0 Å². The van der Waals surface area contributed by atoms with Crippen LogP contribution in [0.3, 0.4) is 0 Å². The van der Waals surface area contributed by atoms with Gasteiger partial charge in [-0.05, 0) is 146 Å². The van der Waals surface area contributed by atoms with E-state index in [2.05, 4.69) is 72.9 Å². The van der Waals surface area contributed by atoms with Gasteiger partial charge in [-0.15, -0.1) is 0 Å². The second-order valence-corrected chi connectivity index (χ2v) is 16.7. The van der Waals surface area contributed by atoms with Crippen LogP contribution in [-0.2, 0) is 9.53 Å². The van der Waals surface area contributed by atoms with E-state index in [-0.39, 0.29) is 33.0 Å². The average molecular weight is 583 g/mol. The Morgan fingerprint density at radius 3 is 2.19 bits per heavy atom. The number of carbonyl (C=O) groups is 2. The molecule has 0 radical (unpaired) electrons. The number of ether oxygens (including phenoxy) is 1. The van der Waals surface area contributed by atoms with Crippen molar-refractivity contribution < 1.29 is 14.3 Å². The average Bonchev–Trinajstić information content (AvgIpc) is 3.33. The molecule has 1 aromatic rings. The number of rotatable bonds is 5. The molecule has 0 aliphatic heterocycles. The molecule has 4 fully saturated rings. The van der Waals surface area contributed by atoms with Gasteiger partial charge in [0.25, 0.3) is 0 Å². The summed E-state index contributed by atoms with van der Waals surface area (Å²) in [5, 5.41) is 0. The van der Waals surface area contributed by atoms with E-state index in [9.17, 15) is 9.59 Å². The third-order valence-corrected chi connectivity index (χ3v) is 14.6. The van der Waals surface area contributed by atoms with Gasteiger partial charge in [0.05, 0.1) is 11.3 Å². The fraction of sp³-hybridized carbons (Fsp3) is 0.650. The summed E-state index contributed by atoms with van der Waals surface area (Å²) in [6.07, 6.45) is 14.5. The van der Waals surface area contributed by atoms with Crippen LogP contribution in [0.1, 0.15) is 122 Å². The monoisotopic (exact) mass is 582 g/mol. The van der Waals surface area contributed by atoms with E-state index in [4.69, 9.17) is 4.74 Å². The van der Waals surface area contributed by atoms with Crippen molar-refractivity contribution in [2.24, 2.45) is 56.7 Å². The molecule has 9 atom stereocenters. The maximum absolute atomic E-state index is 12.8. The maximum Gasteiger partial charge on any atom is 0.343 e. The first kappa shape index (κ1) is 30.6. The normalized spacial score (nSPS) is 42.8. The smallest absolute Gasteiger partial charge is 0.343 e. The Morgan fingerprint density at radius 1 is 0.860 bits per heavy atom. The van der Waals surface area contributed by atoms with Crippen molar-refractivity contribution in [2.75, 3.05) is 0 Å². The minimum absolute atomic E-state index is 0.0293. The Labute approximate surface area is 260 Å². The lowest BCUT2D eigenvalue weighted by atomic mass is 9.32. The first-order chi connectivity index (χ1) is 20.1. The van der Waals surface area contributed by atoms with Gasteiger partial charge < -0.3 is 9.53 Å². The number of hydrogen-bond donors (Lipinski definition) is 0. The number of allylic oxidation sites excluding steroid dienone is 4. The lowest BCUT2D eigenvalue weighted by Crippen LogP contribution is -2.65. The van der Waals surface area contributed by atoms with Crippen molar-refractivity contribution >= 4 is 17.8 Å². The summed E-state index contributed by atoms with van der Waals surface area (Å²) in [5.41, 5.74) is 5.16. The van der Waals surface area contributed by atoms with E-state index >= 15 is 0 Å². The fourth-order valence-corrected chi connectivity index (χ4v) is 12.5. The van der Waals surface area contributed by atoms with E-state index in [1.54, 1.807) is 6.92 Å². The molecule has 3 nitrogen and oxygen atoms in total. The first-order valence-corrected chi connectivity index (χ1v) is 17.0. The molecule has 0 spiro atoms. The molecule has 232 valence electrons. The number of hydrogen-bond acceptors (Lipinski definition) is 3. The molecule has 5 aliphatic carbocycles. The molecule has 0 saturated heterocycles. The maximum atomic E-state index is 12.8. The summed E-state index contributed by atoms with van der Waals surface area (Å²) in [6, 6.07) is 8.00. The number of aldehydes is 1. The van der Waals surface area contributed by atoms with Gasteiger partial charge in [-0.25, -0.2) is 4.79 Å². The molecule has 0 bridgehead atoms. The largest absolute Gasteiger partial charge is 0.428 e. The molecule has 5 aliphatic rings. The molecule has 3 heteroatoms. The molecule has 0 heterocycles. The van der Waals surface area contributed by atoms with E-state index < -0.39 is 0 Å². The van der Waals surface area contributed by atoms with Gasteiger partial charge in [-0.3, -0.25) is 0 Å². The Bertz CT molecular complexity index is 1380. The van der Waals surface area contributed by atoms with Crippen LogP contribution in [0.25, 0.3) is 5.57 Å². The second-order valence-electron chi connectivity index (χ2n) is 16.7. The highest BCUT2D eigenvalue weighted by molar-refractivity contribution is 5.90. The third-order valence-electron chi connectivity index (χ3n) is 14.6. The summed E-state index contributed by atoms with van der Waals surface area (Å²) < 4.78 is 5.23. The van der Waals surface area contributed by atoms with Crippen molar-refractivity contribution in [3.8, 4) is 0 Å². The highest BCUT2D eigenvalue weighted by atomic mass is 16.5. The molecule has 0 unspecified atom stereocenters. The van der Waals surface area contributed by atoms with Gasteiger partial charge in [0.1, 0.15) is 6.29 Å². The SMILES string of the molecule is C=C(C)OC(=O)c1ccc(C2=CC[C@]3(C)[C@H]4CC[C@@H]5[C@H]6[C@H](C(=C)C)CC[C@]6(C=O)CC[C@@]5(C)[C@]4(C)CC[C@H]3C2(C)C)cc1. The molecular formula is C40H54O3. The Kier molecular flexibility index (Phi) is 7.15. The zero-order valence-electron chi connectivity index (χ0n) is 27.9. The predicted octanol–water partition coefficient (Wildman–Crippen LogP) is 10.2. The fourth-order valence-electron chi connectivity index (χ4n) is 12.5. The molecule has 0 aromatic heterocycles. The van der Waals surface area contributed by atoms with Gasteiger partial charge in [0.2, 0.25) is 0 Å². The Hall–Kier alpha value is -2.42. The quantitative estimate of drug-likeness (QED) is 0.150. The predicted molar refractivity (Wildman–Crippen MR) is 175 cm³/mol. The van der Waals surface area contributed by atoms with Crippen LogP contribution in [0, 0.1) is 56.7 Å². The summed E-state index contributed by atoms with van der Waals surface area (Å²) in [7, 11) is 0. The van der Waals surface area contributed by atoms with Crippen LogP contribution in [0.15, 0.2) is 54.8 Å². The van der Waals surface area contributed by atoms with Gasteiger partial charge in [0, 0.05) is 5.41 Å². The lowest BCUT2D eigenvalue weighted by Gasteiger charge is -2.72. The third kappa shape index (κ3) is 4.18. The zero-order chi connectivity index (χ0) is 31.2. The second kappa shape index (κ2) is 10.0. The number of fused-ring (bicyclic) bond motifs is 7. The highest BCUT2D eigenvalue weighted by Crippen LogP contribution is 2.77. The minimum Gasteiger partial charge on any atom is -0.428 e. The number of esters is 1. The number of carbonyl (C=O) groups excluding carboxylic acids is 2. The lowest BCUT2D eigenvalue weighted by molar-refractivity contribution is -0.223. The van der Waals surface area contributed by atoms with Gasteiger partial charge in [-0.1, -0.05) is 71.6 Å². The molecule has 43 heavy (non-hydrogen) atoms. The van der Waals surface area contributed by atoms with Crippen LogP contribution in [0.4, 0.5) is 0 Å². The molecule has 4 saturated carbocycles. The van der Waals surface area contributed by atoms with Crippen molar-refractivity contribution in [1.82, 2.24) is 0 Å². The summed E-state index contributed by atoms with van der Waals surface area (Å²) in [5.74, 6) is 2.90. The Morgan fingerprint density at radius 2 is 1.56 bits per heavy atom. The first-order valence-electron chi connectivity index (χ1n) is 17.0. The highest BCUT2D eigenvalue weighted by Gasteiger charge is 2.70. The summed E-state index contributed by atoms with van der Waals surface area (Å²) in [6.45, 7) is 24.9. The number of benzene rings is 1. The molecule has 0 N–H and O–H groups in total. The van der Waals surface area contributed by atoms with Gasteiger partial charge in [0.15, 0.2) is 0 Å². The zero-order valence-corrected chi connectivity index (χ0v) is 27.9. The topological polar surface area (TPSA) is 43.4 Å².